The number of quaternary nitrogens is 2. The molecule has 0 spiro atoms. The summed E-state index contributed by atoms with van der Waals surface area (Å²) >= 11 is 0. The normalized spacial score (nSPS) is 20.2. The van der Waals surface area contributed by atoms with E-state index < -0.39 is 0 Å². The summed E-state index contributed by atoms with van der Waals surface area (Å²) in [6.45, 7) is 7.53. The van der Waals surface area contributed by atoms with Crippen molar-refractivity contribution < 1.29 is 28.8 Å². The van der Waals surface area contributed by atoms with Crippen molar-refractivity contribution in [3.63, 3.8) is 0 Å². The third-order valence-electron chi connectivity index (χ3n) is 6.13. The maximum atomic E-state index is 12.8. The minimum atomic E-state index is 0.184. The number of benzene rings is 2. The van der Waals surface area contributed by atoms with Gasteiger partial charge >= 0.3 is 0 Å². The van der Waals surface area contributed by atoms with Crippen LogP contribution in [0.15, 0.2) is 42.5 Å². The molecular formula is C24H33N3O4+2. The molecule has 0 aromatic heterocycles. The SMILES string of the molecule is COc1ccc(C[NH+]2CC[NH+](CC(=O)N(C)Cc3ccc4c(c3)OCCO4)CC2)cc1. The van der Waals surface area contributed by atoms with Gasteiger partial charge in [-0.1, -0.05) is 6.07 Å². The number of carbonyl (C=O) groups excluding carboxylic acids is 1. The Bertz CT molecular complexity index is 879. The predicted octanol–water partition coefficient (Wildman–Crippen LogP) is -0.592. The van der Waals surface area contributed by atoms with Crippen molar-refractivity contribution >= 4 is 5.91 Å². The molecule has 2 aliphatic rings. The van der Waals surface area contributed by atoms with Crippen molar-refractivity contribution in [1.29, 1.82) is 0 Å². The van der Waals surface area contributed by atoms with E-state index in [-0.39, 0.29) is 5.91 Å². The van der Waals surface area contributed by atoms with Crippen molar-refractivity contribution in [2.45, 2.75) is 13.1 Å². The Morgan fingerprint density at radius 3 is 2.29 bits per heavy atom. The highest BCUT2D eigenvalue weighted by atomic mass is 16.6. The van der Waals surface area contributed by atoms with Gasteiger partial charge in [0, 0.05) is 19.2 Å². The van der Waals surface area contributed by atoms with E-state index in [2.05, 4.69) is 12.1 Å². The summed E-state index contributed by atoms with van der Waals surface area (Å²) < 4.78 is 16.5. The molecular weight excluding hydrogens is 394 g/mol. The van der Waals surface area contributed by atoms with Crippen LogP contribution in [0.25, 0.3) is 0 Å². The lowest BCUT2D eigenvalue weighted by Crippen LogP contribution is -3.28. The molecule has 2 heterocycles. The molecule has 7 heteroatoms. The number of hydrogen-bond donors (Lipinski definition) is 2. The van der Waals surface area contributed by atoms with Crippen LogP contribution in [0.4, 0.5) is 0 Å². The first-order valence-electron chi connectivity index (χ1n) is 11.0. The molecule has 0 saturated carbocycles. The van der Waals surface area contributed by atoms with Crippen molar-refractivity contribution in [1.82, 2.24) is 4.90 Å². The number of ether oxygens (including phenoxy) is 3. The molecule has 31 heavy (non-hydrogen) atoms. The molecule has 4 rings (SSSR count). The second-order valence-corrected chi connectivity index (χ2v) is 8.43. The first-order valence-corrected chi connectivity index (χ1v) is 11.0. The molecule has 0 aliphatic carbocycles. The van der Waals surface area contributed by atoms with Crippen LogP contribution >= 0.6 is 0 Å². The van der Waals surface area contributed by atoms with Crippen LogP contribution in [0.2, 0.25) is 0 Å². The van der Waals surface area contributed by atoms with Gasteiger partial charge in [-0.25, -0.2) is 0 Å². The topological polar surface area (TPSA) is 56.9 Å². The summed E-state index contributed by atoms with van der Waals surface area (Å²) in [6, 6.07) is 14.2. The quantitative estimate of drug-likeness (QED) is 0.620. The molecule has 2 N–H and O–H groups in total. The van der Waals surface area contributed by atoms with E-state index in [4.69, 9.17) is 14.2 Å². The number of fused-ring (bicyclic) bond motifs is 1. The van der Waals surface area contributed by atoms with Gasteiger partial charge in [0.1, 0.15) is 51.7 Å². The van der Waals surface area contributed by atoms with E-state index in [1.807, 2.05) is 42.3 Å². The first kappa shape index (κ1) is 21.5. The van der Waals surface area contributed by atoms with Gasteiger partial charge < -0.3 is 28.9 Å². The van der Waals surface area contributed by atoms with Gasteiger partial charge in [-0.3, -0.25) is 4.79 Å². The maximum Gasteiger partial charge on any atom is 0.277 e. The lowest BCUT2D eigenvalue weighted by atomic mass is 10.1. The smallest absolute Gasteiger partial charge is 0.277 e. The van der Waals surface area contributed by atoms with E-state index in [1.54, 1.807) is 12.0 Å². The number of carbonyl (C=O) groups is 1. The highest BCUT2D eigenvalue weighted by molar-refractivity contribution is 5.76. The number of nitrogens with zero attached hydrogens (tertiary/aromatic N) is 1. The number of methoxy groups -OCH3 is 1. The Balaban J connectivity index is 1.22. The maximum absolute atomic E-state index is 12.8. The van der Waals surface area contributed by atoms with Gasteiger partial charge in [-0.15, -0.1) is 0 Å². The van der Waals surface area contributed by atoms with Crippen LogP contribution in [-0.4, -0.2) is 70.9 Å². The molecule has 166 valence electrons. The molecule has 2 aromatic rings. The number of likely N-dealkylation sites (N-methyl/N-ethyl adjacent to an activating group) is 1. The molecule has 0 bridgehead atoms. The molecule has 0 atom stereocenters. The van der Waals surface area contributed by atoms with Crippen molar-refractivity contribution in [2.75, 3.05) is 60.1 Å². The van der Waals surface area contributed by atoms with E-state index >= 15 is 0 Å². The molecule has 2 aromatic carbocycles. The number of amides is 1. The Labute approximate surface area is 184 Å². The fourth-order valence-corrected chi connectivity index (χ4v) is 4.24. The molecule has 1 saturated heterocycles. The number of piperazine rings is 1. The average molecular weight is 428 g/mol. The third-order valence-corrected chi connectivity index (χ3v) is 6.13. The molecule has 2 aliphatic heterocycles. The second-order valence-electron chi connectivity index (χ2n) is 8.43. The monoisotopic (exact) mass is 427 g/mol. The fourth-order valence-electron chi connectivity index (χ4n) is 4.24. The summed E-state index contributed by atoms with van der Waals surface area (Å²) in [5.74, 6) is 2.63. The third kappa shape index (κ3) is 5.68. The van der Waals surface area contributed by atoms with Gasteiger partial charge in [0.05, 0.1) is 7.11 Å². The van der Waals surface area contributed by atoms with Crippen molar-refractivity contribution in [3.8, 4) is 17.2 Å². The largest absolute Gasteiger partial charge is 0.497 e. The van der Waals surface area contributed by atoms with Crippen LogP contribution < -0.4 is 24.0 Å². The van der Waals surface area contributed by atoms with Crippen LogP contribution in [0.1, 0.15) is 11.1 Å². The number of nitrogens with one attached hydrogen (secondary N) is 2. The highest BCUT2D eigenvalue weighted by Gasteiger charge is 2.26. The number of hydrogen-bond acceptors (Lipinski definition) is 4. The minimum absolute atomic E-state index is 0.184. The molecule has 0 radical (unpaired) electrons. The lowest BCUT2D eigenvalue weighted by molar-refractivity contribution is -1.02. The lowest BCUT2D eigenvalue weighted by Gasteiger charge is -2.30. The summed E-state index contributed by atoms with van der Waals surface area (Å²) in [4.78, 5) is 17.5. The van der Waals surface area contributed by atoms with Gasteiger partial charge in [0.15, 0.2) is 18.0 Å². The molecule has 1 amide bonds. The fraction of sp³-hybridized carbons (Fsp3) is 0.458. The summed E-state index contributed by atoms with van der Waals surface area (Å²) in [6.07, 6.45) is 0. The summed E-state index contributed by atoms with van der Waals surface area (Å²) in [5, 5.41) is 0. The van der Waals surface area contributed by atoms with Gasteiger partial charge in [0.2, 0.25) is 0 Å². The van der Waals surface area contributed by atoms with Crippen molar-refractivity contribution in [3.05, 3.63) is 53.6 Å². The zero-order chi connectivity index (χ0) is 21.6. The zero-order valence-electron chi connectivity index (χ0n) is 18.5. The van der Waals surface area contributed by atoms with Crippen LogP contribution in [0.5, 0.6) is 17.2 Å². The molecule has 7 nitrogen and oxygen atoms in total. The summed E-state index contributed by atoms with van der Waals surface area (Å²) in [7, 11) is 3.57. The first-order chi connectivity index (χ1) is 15.1. The predicted molar refractivity (Wildman–Crippen MR) is 117 cm³/mol. The Hall–Kier alpha value is -2.77. The average Bonchev–Trinajstić information content (AvgIpc) is 2.80. The molecule has 0 unspecified atom stereocenters. The van der Waals surface area contributed by atoms with Gasteiger partial charge in [0.25, 0.3) is 5.91 Å². The van der Waals surface area contributed by atoms with Crippen molar-refractivity contribution in [2.24, 2.45) is 0 Å². The van der Waals surface area contributed by atoms with E-state index in [0.29, 0.717) is 26.3 Å². The van der Waals surface area contributed by atoms with Crippen LogP contribution in [0.3, 0.4) is 0 Å². The van der Waals surface area contributed by atoms with Crippen LogP contribution in [0, 0.1) is 0 Å². The second kappa shape index (κ2) is 10.0. The summed E-state index contributed by atoms with van der Waals surface area (Å²) in [5.41, 5.74) is 2.39. The Kier molecular flexibility index (Phi) is 6.94. The van der Waals surface area contributed by atoms with Crippen LogP contribution in [-0.2, 0) is 17.9 Å². The van der Waals surface area contributed by atoms with Gasteiger partial charge in [-0.05, 0) is 42.0 Å². The van der Waals surface area contributed by atoms with E-state index in [1.165, 1.54) is 10.5 Å². The Morgan fingerprint density at radius 2 is 1.58 bits per heavy atom. The Morgan fingerprint density at radius 1 is 0.935 bits per heavy atom. The minimum Gasteiger partial charge on any atom is -0.497 e. The molecule has 1 fully saturated rings. The number of rotatable bonds is 7. The zero-order valence-corrected chi connectivity index (χ0v) is 18.5. The van der Waals surface area contributed by atoms with E-state index in [0.717, 1.165) is 55.5 Å². The standard InChI is InChI=1S/C24H31N3O4/c1-25(16-20-5-8-22-23(15-20)31-14-13-30-22)24(28)18-27-11-9-26(10-12-27)17-19-3-6-21(29-2)7-4-19/h3-8,15H,9-14,16-18H2,1-2H3/p+2. The van der Waals surface area contributed by atoms with Gasteiger partial charge in [-0.2, -0.15) is 0 Å². The highest BCUT2D eigenvalue weighted by Crippen LogP contribution is 2.31. The van der Waals surface area contributed by atoms with E-state index in [9.17, 15) is 4.79 Å².